The average molecular weight is 631 g/mol. The van der Waals surface area contributed by atoms with Crippen LogP contribution in [0.5, 0.6) is 0 Å². The van der Waals surface area contributed by atoms with Crippen molar-refractivity contribution in [1.29, 1.82) is 0 Å². The summed E-state index contributed by atoms with van der Waals surface area (Å²) < 4.78 is 121. The van der Waals surface area contributed by atoms with Crippen LogP contribution in [0.25, 0.3) is 0 Å². The summed E-state index contributed by atoms with van der Waals surface area (Å²) in [4.78, 5) is 30.5. The summed E-state index contributed by atoms with van der Waals surface area (Å²) in [5, 5.41) is 3.64. The summed E-state index contributed by atoms with van der Waals surface area (Å²) in [5.74, 6) is -0.867. The van der Waals surface area contributed by atoms with Crippen LogP contribution in [-0.4, -0.2) is 59.5 Å². The molecule has 1 N–H and O–H groups in total. The Labute approximate surface area is 236 Å². The molecule has 17 heteroatoms. The van der Waals surface area contributed by atoms with Gasteiger partial charge in [0.15, 0.2) is 0 Å². The minimum absolute atomic E-state index is 0.0502. The Hall–Kier alpha value is -3.69. The third-order valence-electron chi connectivity index (χ3n) is 6.60. The standard InChI is InChI=1S/C25H20ClF9N4O3/c1-13-7-14(3-4-18(13)20(40)36-39-6-2-5-38(21(39)41)12-23(27,28)29)19-11-22(42-37-19,25(33,34)35)15-8-16(24(30,31)32)10-17(26)9-15/h3-4,7-10H,2,5-6,11-12H2,1H3,(H,36,40). The van der Waals surface area contributed by atoms with Gasteiger partial charge in [0.2, 0.25) is 0 Å². The molecule has 2 aliphatic rings. The molecule has 1 fully saturated rings. The predicted molar refractivity (Wildman–Crippen MR) is 129 cm³/mol. The summed E-state index contributed by atoms with van der Waals surface area (Å²) in [5.41, 5.74) is -3.46. The first-order valence-corrected chi connectivity index (χ1v) is 12.4. The maximum atomic E-state index is 14.3. The first-order valence-electron chi connectivity index (χ1n) is 12.1. The second kappa shape index (κ2) is 10.9. The first kappa shape index (κ1) is 31.3. The minimum Gasteiger partial charge on any atom is -0.374 e. The third kappa shape index (κ3) is 6.37. The molecule has 0 saturated carbocycles. The zero-order valence-corrected chi connectivity index (χ0v) is 22.1. The van der Waals surface area contributed by atoms with Crippen LogP contribution in [-0.2, 0) is 16.6 Å². The molecule has 2 heterocycles. The lowest BCUT2D eigenvalue weighted by Gasteiger charge is -2.35. The molecule has 1 unspecified atom stereocenters. The highest BCUT2D eigenvalue weighted by molar-refractivity contribution is 6.30. The van der Waals surface area contributed by atoms with E-state index < -0.39 is 65.2 Å². The van der Waals surface area contributed by atoms with Gasteiger partial charge in [-0.3, -0.25) is 10.2 Å². The fraction of sp³-hybridized carbons (Fsp3) is 0.400. The Morgan fingerprint density at radius 3 is 2.33 bits per heavy atom. The van der Waals surface area contributed by atoms with Gasteiger partial charge in [0.1, 0.15) is 6.54 Å². The third-order valence-corrected chi connectivity index (χ3v) is 6.82. The van der Waals surface area contributed by atoms with Crippen LogP contribution >= 0.6 is 11.6 Å². The van der Waals surface area contributed by atoms with Crippen molar-refractivity contribution in [2.45, 2.75) is 43.9 Å². The van der Waals surface area contributed by atoms with Crippen LogP contribution < -0.4 is 5.43 Å². The number of aryl methyl sites for hydroxylation is 1. The number of hydrazine groups is 1. The van der Waals surface area contributed by atoms with Gasteiger partial charge in [-0.05, 0) is 54.8 Å². The lowest BCUT2D eigenvalue weighted by molar-refractivity contribution is -0.276. The molecule has 1 saturated heterocycles. The number of benzene rings is 2. The van der Waals surface area contributed by atoms with Gasteiger partial charge in [-0.25, -0.2) is 9.80 Å². The molecule has 2 aromatic rings. The Morgan fingerprint density at radius 2 is 1.74 bits per heavy atom. The van der Waals surface area contributed by atoms with Crippen LogP contribution in [0.4, 0.5) is 44.3 Å². The van der Waals surface area contributed by atoms with E-state index in [4.69, 9.17) is 16.4 Å². The molecule has 0 aromatic heterocycles. The molecule has 2 aromatic carbocycles. The molecular formula is C25H20ClF9N4O3. The second-order valence-corrected chi connectivity index (χ2v) is 10.1. The number of nitrogens with zero attached hydrogens (tertiary/aromatic N) is 3. The van der Waals surface area contributed by atoms with Crippen LogP contribution in [0.2, 0.25) is 5.02 Å². The lowest BCUT2D eigenvalue weighted by Crippen LogP contribution is -2.57. The van der Waals surface area contributed by atoms with Crippen molar-refractivity contribution in [3.05, 3.63) is 69.2 Å². The summed E-state index contributed by atoms with van der Waals surface area (Å²) in [7, 11) is 0. The van der Waals surface area contributed by atoms with Crippen molar-refractivity contribution in [1.82, 2.24) is 15.3 Å². The molecule has 0 bridgehead atoms. The quantitative estimate of drug-likeness (QED) is 0.379. The largest absolute Gasteiger partial charge is 0.435 e. The SMILES string of the molecule is Cc1cc(C2=NOC(c3cc(Cl)cc(C(F)(F)F)c3)(C(F)(F)F)C2)ccc1C(=O)NN1CCCN(CC(F)(F)F)C1=O. The zero-order valence-electron chi connectivity index (χ0n) is 21.3. The van der Waals surface area contributed by atoms with Gasteiger partial charge in [-0.15, -0.1) is 0 Å². The molecule has 7 nitrogen and oxygen atoms in total. The van der Waals surface area contributed by atoms with Gasteiger partial charge in [-0.2, -0.15) is 39.5 Å². The predicted octanol–water partition coefficient (Wildman–Crippen LogP) is 6.58. The second-order valence-electron chi connectivity index (χ2n) is 9.65. The number of halogens is 10. The zero-order chi connectivity index (χ0) is 31.3. The topological polar surface area (TPSA) is 74.2 Å². The van der Waals surface area contributed by atoms with Gasteiger partial charge in [0.25, 0.3) is 11.5 Å². The summed E-state index contributed by atoms with van der Waals surface area (Å²) in [6.45, 7) is -0.299. The Kier molecular flexibility index (Phi) is 8.08. The number of carbonyl (C=O) groups is 2. The van der Waals surface area contributed by atoms with E-state index in [1.807, 2.05) is 0 Å². The first-order chi connectivity index (χ1) is 19.3. The van der Waals surface area contributed by atoms with E-state index >= 15 is 0 Å². The van der Waals surface area contributed by atoms with Gasteiger partial charge in [-0.1, -0.05) is 22.8 Å². The van der Waals surface area contributed by atoms with Crippen molar-refractivity contribution in [2.24, 2.45) is 5.16 Å². The Morgan fingerprint density at radius 1 is 1.05 bits per heavy atom. The van der Waals surface area contributed by atoms with Crippen LogP contribution in [0, 0.1) is 6.92 Å². The number of urea groups is 1. The number of oxime groups is 1. The van der Waals surface area contributed by atoms with Gasteiger partial charge in [0.05, 0.1) is 11.3 Å². The number of nitrogens with one attached hydrogen (secondary N) is 1. The minimum atomic E-state index is -5.22. The number of carbonyl (C=O) groups excluding carboxylic acids is 2. The summed E-state index contributed by atoms with van der Waals surface area (Å²) >= 11 is 5.71. The van der Waals surface area contributed by atoms with E-state index in [0.29, 0.717) is 17.0 Å². The van der Waals surface area contributed by atoms with Gasteiger partial charge in [0, 0.05) is 35.7 Å². The summed E-state index contributed by atoms with van der Waals surface area (Å²) in [6.07, 6.45) is -15.7. The van der Waals surface area contributed by atoms with E-state index in [1.165, 1.54) is 25.1 Å². The smallest absolute Gasteiger partial charge is 0.374 e. The number of hydrogen-bond acceptors (Lipinski definition) is 4. The Balaban J connectivity index is 1.55. The van der Waals surface area contributed by atoms with Gasteiger partial charge >= 0.3 is 24.6 Å². The number of hydrogen-bond donors (Lipinski definition) is 1. The maximum Gasteiger partial charge on any atom is 0.435 e. The Bertz CT molecular complexity index is 1430. The van der Waals surface area contributed by atoms with Crippen molar-refractivity contribution < 1.29 is 53.9 Å². The monoisotopic (exact) mass is 630 g/mol. The van der Waals surface area contributed by atoms with E-state index in [9.17, 15) is 49.1 Å². The highest BCUT2D eigenvalue weighted by Gasteiger charge is 2.62. The van der Waals surface area contributed by atoms with Crippen LogP contribution in [0.3, 0.4) is 0 Å². The molecule has 42 heavy (non-hydrogen) atoms. The fourth-order valence-electron chi connectivity index (χ4n) is 4.57. The van der Waals surface area contributed by atoms with E-state index in [0.717, 1.165) is 5.01 Å². The van der Waals surface area contributed by atoms with Crippen molar-refractivity contribution >= 4 is 29.3 Å². The number of rotatable bonds is 5. The molecule has 3 amide bonds. The van der Waals surface area contributed by atoms with E-state index in [2.05, 4.69) is 10.6 Å². The summed E-state index contributed by atoms with van der Waals surface area (Å²) in [6, 6.07) is 4.09. The van der Waals surface area contributed by atoms with E-state index in [-0.39, 0.29) is 48.0 Å². The fourth-order valence-corrected chi connectivity index (χ4v) is 4.81. The molecule has 1 atom stereocenters. The van der Waals surface area contributed by atoms with Crippen molar-refractivity contribution in [2.75, 3.05) is 19.6 Å². The molecular weight excluding hydrogens is 611 g/mol. The normalized spacial score (nSPS) is 20.0. The number of alkyl halides is 9. The van der Waals surface area contributed by atoms with E-state index in [1.54, 1.807) is 0 Å². The molecule has 0 radical (unpaired) electrons. The maximum absolute atomic E-state index is 14.3. The molecule has 0 aliphatic carbocycles. The highest BCUT2D eigenvalue weighted by Crippen LogP contribution is 2.50. The van der Waals surface area contributed by atoms with Crippen molar-refractivity contribution in [3.8, 4) is 0 Å². The molecule has 0 spiro atoms. The van der Waals surface area contributed by atoms with Gasteiger partial charge < -0.3 is 9.74 Å². The van der Waals surface area contributed by atoms with Crippen LogP contribution in [0.1, 0.15) is 45.5 Å². The highest BCUT2D eigenvalue weighted by atomic mass is 35.5. The van der Waals surface area contributed by atoms with Crippen molar-refractivity contribution in [3.63, 3.8) is 0 Å². The number of amides is 3. The average Bonchev–Trinajstić information content (AvgIpc) is 3.32. The molecule has 228 valence electrons. The molecule has 2 aliphatic heterocycles. The molecule has 4 rings (SSSR count). The van der Waals surface area contributed by atoms with Crippen LogP contribution in [0.15, 0.2) is 41.6 Å². The lowest BCUT2D eigenvalue weighted by atomic mass is 9.85.